The normalized spacial score (nSPS) is 15.2. The summed E-state index contributed by atoms with van der Waals surface area (Å²) in [4.78, 5) is 21.4. The number of hydrogen-bond acceptors (Lipinski definition) is 4. The van der Waals surface area contributed by atoms with Gasteiger partial charge in [0.1, 0.15) is 0 Å². The first kappa shape index (κ1) is 12.1. The molecule has 0 unspecified atom stereocenters. The lowest BCUT2D eigenvalue weighted by Gasteiger charge is -2.18. The summed E-state index contributed by atoms with van der Waals surface area (Å²) in [6.45, 7) is 1.47. The Kier molecular flexibility index (Phi) is 3.16. The van der Waals surface area contributed by atoms with Gasteiger partial charge >= 0.3 is 5.97 Å². The summed E-state index contributed by atoms with van der Waals surface area (Å²) in [7, 11) is 0. The van der Waals surface area contributed by atoms with E-state index in [4.69, 9.17) is 5.11 Å². The minimum Gasteiger partial charge on any atom is -0.480 e. The highest BCUT2D eigenvalue weighted by atomic mass is 16.4. The molecule has 1 N–H and O–H groups in total. The summed E-state index contributed by atoms with van der Waals surface area (Å²) in [6.07, 6.45) is 7.92. The SMILES string of the molecule is O=C(O)CN(Cc1cn2cccnc2n1)CC1CC1. The number of fused-ring (bicyclic) bond motifs is 1. The lowest BCUT2D eigenvalue weighted by molar-refractivity contribution is -0.138. The molecule has 0 aromatic carbocycles. The fraction of sp³-hybridized carbons (Fsp3) is 0.462. The molecule has 2 heterocycles. The van der Waals surface area contributed by atoms with Crippen molar-refractivity contribution in [3.63, 3.8) is 0 Å². The number of hydrogen-bond donors (Lipinski definition) is 1. The maximum absolute atomic E-state index is 10.9. The van der Waals surface area contributed by atoms with Gasteiger partial charge in [0.25, 0.3) is 0 Å². The highest BCUT2D eigenvalue weighted by Crippen LogP contribution is 2.30. The minimum absolute atomic E-state index is 0.0673. The number of aliphatic carboxylic acids is 1. The third kappa shape index (κ3) is 3.08. The second kappa shape index (κ2) is 4.97. The van der Waals surface area contributed by atoms with Gasteiger partial charge in [0, 0.05) is 31.7 Å². The third-order valence-corrected chi connectivity index (χ3v) is 3.24. The molecule has 6 heteroatoms. The fourth-order valence-corrected chi connectivity index (χ4v) is 2.23. The van der Waals surface area contributed by atoms with E-state index in [0.29, 0.717) is 18.2 Å². The average molecular weight is 260 g/mol. The number of carboxylic acids is 1. The molecule has 1 fully saturated rings. The molecule has 3 rings (SSSR count). The van der Waals surface area contributed by atoms with E-state index in [9.17, 15) is 4.79 Å². The predicted octanol–water partition coefficient (Wildman–Crippen LogP) is 1.03. The van der Waals surface area contributed by atoms with Crippen molar-refractivity contribution in [2.45, 2.75) is 19.4 Å². The van der Waals surface area contributed by atoms with Gasteiger partial charge in [-0.3, -0.25) is 14.1 Å². The first-order valence-electron chi connectivity index (χ1n) is 6.43. The molecule has 2 aromatic rings. The maximum Gasteiger partial charge on any atom is 0.317 e. The number of imidazole rings is 1. The lowest BCUT2D eigenvalue weighted by Crippen LogP contribution is -2.31. The third-order valence-electron chi connectivity index (χ3n) is 3.24. The molecular formula is C13H16N4O2. The van der Waals surface area contributed by atoms with E-state index in [-0.39, 0.29) is 6.54 Å². The molecule has 0 amide bonds. The van der Waals surface area contributed by atoms with Gasteiger partial charge in [-0.1, -0.05) is 0 Å². The Bertz CT molecular complexity index is 558. The Morgan fingerprint density at radius 1 is 1.53 bits per heavy atom. The molecular weight excluding hydrogens is 244 g/mol. The van der Waals surface area contributed by atoms with E-state index < -0.39 is 5.97 Å². The highest BCUT2D eigenvalue weighted by Gasteiger charge is 2.25. The zero-order valence-corrected chi connectivity index (χ0v) is 10.6. The second-order valence-electron chi connectivity index (χ2n) is 5.07. The van der Waals surface area contributed by atoms with E-state index in [2.05, 4.69) is 9.97 Å². The molecule has 0 aliphatic heterocycles. The van der Waals surface area contributed by atoms with Gasteiger partial charge in [-0.05, 0) is 24.8 Å². The van der Waals surface area contributed by atoms with Crippen LogP contribution < -0.4 is 0 Å². The maximum atomic E-state index is 10.9. The smallest absolute Gasteiger partial charge is 0.317 e. The fourth-order valence-electron chi connectivity index (χ4n) is 2.23. The average Bonchev–Trinajstić information content (AvgIpc) is 3.06. The van der Waals surface area contributed by atoms with Crippen LogP contribution in [0.25, 0.3) is 5.78 Å². The molecule has 0 spiro atoms. The Balaban J connectivity index is 1.73. The Morgan fingerprint density at radius 2 is 2.37 bits per heavy atom. The quantitative estimate of drug-likeness (QED) is 0.840. The topological polar surface area (TPSA) is 70.7 Å². The van der Waals surface area contributed by atoms with Gasteiger partial charge in [-0.25, -0.2) is 9.97 Å². The van der Waals surface area contributed by atoms with E-state index in [1.165, 1.54) is 12.8 Å². The van der Waals surface area contributed by atoms with Crippen molar-refractivity contribution in [2.75, 3.05) is 13.1 Å². The molecule has 100 valence electrons. The number of carbonyl (C=O) groups is 1. The van der Waals surface area contributed by atoms with Crippen molar-refractivity contribution in [3.05, 3.63) is 30.4 Å². The Hall–Kier alpha value is -1.95. The van der Waals surface area contributed by atoms with E-state index in [1.54, 1.807) is 6.20 Å². The lowest BCUT2D eigenvalue weighted by atomic mass is 10.3. The van der Waals surface area contributed by atoms with Crippen molar-refractivity contribution in [3.8, 4) is 0 Å². The summed E-state index contributed by atoms with van der Waals surface area (Å²) < 4.78 is 1.85. The molecule has 0 saturated heterocycles. The van der Waals surface area contributed by atoms with Crippen molar-refractivity contribution < 1.29 is 9.90 Å². The van der Waals surface area contributed by atoms with Crippen LogP contribution in [0.2, 0.25) is 0 Å². The monoisotopic (exact) mass is 260 g/mol. The van der Waals surface area contributed by atoms with E-state index >= 15 is 0 Å². The summed E-state index contributed by atoms with van der Waals surface area (Å²) in [5.74, 6) is 0.524. The van der Waals surface area contributed by atoms with Crippen LogP contribution in [0.5, 0.6) is 0 Å². The molecule has 0 radical (unpaired) electrons. The molecule has 0 bridgehead atoms. The Morgan fingerprint density at radius 3 is 3.05 bits per heavy atom. The standard InChI is InChI=1S/C13H16N4O2/c18-12(19)9-16(6-10-2-3-10)7-11-8-17-5-1-4-14-13(17)15-11/h1,4-5,8,10H,2-3,6-7,9H2,(H,18,19). The molecule has 2 aromatic heterocycles. The molecule has 1 aliphatic rings. The van der Waals surface area contributed by atoms with Crippen LogP contribution in [0.4, 0.5) is 0 Å². The number of aromatic nitrogens is 3. The first-order chi connectivity index (χ1) is 9.20. The minimum atomic E-state index is -0.789. The van der Waals surface area contributed by atoms with Crippen molar-refractivity contribution in [1.82, 2.24) is 19.3 Å². The van der Waals surface area contributed by atoms with Gasteiger partial charge in [0.2, 0.25) is 5.78 Å². The predicted molar refractivity (Wildman–Crippen MR) is 68.6 cm³/mol. The number of carboxylic acid groups (broad SMARTS) is 1. The van der Waals surface area contributed by atoms with Crippen LogP contribution in [-0.4, -0.2) is 43.4 Å². The van der Waals surface area contributed by atoms with Crippen LogP contribution in [0.3, 0.4) is 0 Å². The van der Waals surface area contributed by atoms with Crippen molar-refractivity contribution >= 4 is 11.7 Å². The van der Waals surface area contributed by atoms with Crippen LogP contribution in [0.1, 0.15) is 18.5 Å². The second-order valence-corrected chi connectivity index (χ2v) is 5.07. The van der Waals surface area contributed by atoms with Crippen LogP contribution in [-0.2, 0) is 11.3 Å². The van der Waals surface area contributed by atoms with Gasteiger partial charge in [0.15, 0.2) is 0 Å². The van der Waals surface area contributed by atoms with E-state index in [0.717, 1.165) is 12.2 Å². The zero-order chi connectivity index (χ0) is 13.2. The summed E-state index contributed by atoms with van der Waals surface area (Å²) in [5, 5.41) is 8.96. The Labute approximate surface area is 110 Å². The van der Waals surface area contributed by atoms with Gasteiger partial charge in [-0.15, -0.1) is 0 Å². The summed E-state index contributed by atoms with van der Waals surface area (Å²) >= 11 is 0. The molecule has 1 saturated carbocycles. The summed E-state index contributed by atoms with van der Waals surface area (Å²) in [6, 6.07) is 1.84. The molecule has 1 aliphatic carbocycles. The van der Waals surface area contributed by atoms with E-state index in [1.807, 2.05) is 27.8 Å². The van der Waals surface area contributed by atoms with Crippen LogP contribution in [0, 0.1) is 5.92 Å². The van der Waals surface area contributed by atoms with Crippen LogP contribution >= 0.6 is 0 Å². The van der Waals surface area contributed by atoms with Gasteiger partial charge in [0.05, 0.1) is 12.2 Å². The zero-order valence-electron chi connectivity index (χ0n) is 10.6. The summed E-state index contributed by atoms with van der Waals surface area (Å²) in [5.41, 5.74) is 0.862. The molecule has 0 atom stereocenters. The van der Waals surface area contributed by atoms with Crippen LogP contribution in [0.15, 0.2) is 24.7 Å². The van der Waals surface area contributed by atoms with Crippen molar-refractivity contribution in [2.24, 2.45) is 5.92 Å². The van der Waals surface area contributed by atoms with Gasteiger partial charge in [-0.2, -0.15) is 0 Å². The molecule has 6 nitrogen and oxygen atoms in total. The largest absolute Gasteiger partial charge is 0.480 e. The number of rotatable bonds is 6. The van der Waals surface area contributed by atoms with Crippen molar-refractivity contribution in [1.29, 1.82) is 0 Å². The molecule has 19 heavy (non-hydrogen) atoms. The highest BCUT2D eigenvalue weighted by molar-refractivity contribution is 5.69. The number of nitrogens with zero attached hydrogens (tertiary/aromatic N) is 4. The van der Waals surface area contributed by atoms with Gasteiger partial charge < -0.3 is 5.11 Å². The first-order valence-corrected chi connectivity index (χ1v) is 6.43.